The fraction of sp³-hybridized carbons (Fsp3) is 0.333. The number of hydrogen-bond donors (Lipinski definition) is 2. The maximum atomic E-state index is 11.7. The molecule has 2 aromatic rings. The van der Waals surface area contributed by atoms with Crippen LogP contribution in [0.1, 0.15) is 19.4 Å². The Morgan fingerprint density at radius 3 is 2.86 bits per heavy atom. The van der Waals surface area contributed by atoms with E-state index in [1.165, 1.54) is 0 Å². The topological polar surface area (TPSA) is 74.2 Å². The summed E-state index contributed by atoms with van der Waals surface area (Å²) < 4.78 is 6.10. The van der Waals surface area contributed by atoms with Crippen LogP contribution in [0.2, 0.25) is 5.02 Å². The largest absolute Gasteiger partial charge is 0.481 e. The highest BCUT2D eigenvalue weighted by Crippen LogP contribution is 2.39. The molecule has 2 aliphatic rings. The van der Waals surface area contributed by atoms with Gasteiger partial charge in [-0.1, -0.05) is 23.7 Å². The zero-order valence-corrected chi connectivity index (χ0v) is 16.5. The predicted molar refractivity (Wildman–Crippen MR) is 109 cm³/mol. The van der Waals surface area contributed by atoms with Crippen molar-refractivity contribution in [2.75, 3.05) is 19.6 Å². The first-order valence-electron chi connectivity index (χ1n) is 9.23. The first-order valence-corrected chi connectivity index (χ1v) is 9.61. The van der Waals surface area contributed by atoms with Crippen molar-refractivity contribution in [2.24, 2.45) is 10.4 Å². The summed E-state index contributed by atoms with van der Waals surface area (Å²) in [7, 11) is 0. The van der Waals surface area contributed by atoms with E-state index >= 15 is 0 Å². The lowest BCUT2D eigenvalue weighted by atomic mass is 9.83. The van der Waals surface area contributed by atoms with Gasteiger partial charge in [-0.3, -0.25) is 4.79 Å². The molecule has 6 nitrogen and oxygen atoms in total. The number of fused-ring (bicyclic) bond motifs is 2. The van der Waals surface area contributed by atoms with Gasteiger partial charge in [-0.25, -0.2) is 4.99 Å². The van der Waals surface area contributed by atoms with Gasteiger partial charge in [0.2, 0.25) is 0 Å². The number of carboxylic acids is 1. The maximum Gasteiger partial charge on any atom is 0.310 e. The minimum absolute atomic E-state index is 0.211. The van der Waals surface area contributed by atoms with Crippen LogP contribution in [0.15, 0.2) is 47.5 Å². The molecule has 2 aliphatic heterocycles. The number of benzene rings is 2. The molecular formula is C21H22ClN3O3. The summed E-state index contributed by atoms with van der Waals surface area (Å²) in [5.74, 6) is 1.30. The SMILES string of the molecule is CC(C)(C(=O)O)C1CN(C2=Nc3cc(Cl)ccc3Oc3ccccc32)CCN1. The van der Waals surface area contributed by atoms with Crippen molar-refractivity contribution in [2.45, 2.75) is 19.9 Å². The molecule has 0 saturated carbocycles. The molecule has 146 valence electrons. The number of carboxylic acid groups (broad SMARTS) is 1. The number of hydrogen-bond acceptors (Lipinski definition) is 5. The number of aliphatic imine (C=N–C) groups is 1. The molecule has 28 heavy (non-hydrogen) atoms. The summed E-state index contributed by atoms with van der Waals surface area (Å²) in [4.78, 5) is 18.7. The molecule has 0 spiro atoms. The molecule has 1 atom stereocenters. The Balaban J connectivity index is 1.77. The lowest BCUT2D eigenvalue weighted by molar-refractivity contribution is -0.149. The molecule has 0 bridgehead atoms. The second-order valence-corrected chi connectivity index (χ2v) is 8.06. The van der Waals surface area contributed by atoms with E-state index in [4.69, 9.17) is 21.3 Å². The van der Waals surface area contributed by atoms with E-state index < -0.39 is 11.4 Å². The molecule has 0 aliphatic carbocycles. The van der Waals surface area contributed by atoms with Gasteiger partial charge in [0, 0.05) is 30.7 Å². The van der Waals surface area contributed by atoms with Gasteiger partial charge in [0.1, 0.15) is 17.3 Å². The molecule has 1 saturated heterocycles. The third kappa shape index (κ3) is 3.34. The van der Waals surface area contributed by atoms with E-state index in [0.717, 1.165) is 23.7 Å². The van der Waals surface area contributed by atoms with E-state index in [1.54, 1.807) is 26.0 Å². The average molecular weight is 400 g/mol. The lowest BCUT2D eigenvalue weighted by Gasteiger charge is -2.41. The third-order valence-corrected chi connectivity index (χ3v) is 5.63. The molecule has 1 unspecified atom stereocenters. The fourth-order valence-electron chi connectivity index (χ4n) is 3.51. The molecule has 0 radical (unpaired) electrons. The van der Waals surface area contributed by atoms with Crippen molar-refractivity contribution in [1.29, 1.82) is 0 Å². The first-order chi connectivity index (χ1) is 13.4. The standard InChI is InChI=1S/C21H22ClN3O3/c1-21(2,20(26)27)18-12-25(10-9-23-18)19-14-5-3-4-6-16(14)28-17-8-7-13(22)11-15(17)24-19/h3-8,11,18,23H,9-10,12H2,1-2H3,(H,26,27). The van der Waals surface area contributed by atoms with E-state index in [2.05, 4.69) is 10.2 Å². The van der Waals surface area contributed by atoms with Crippen molar-refractivity contribution in [3.05, 3.63) is 53.1 Å². The van der Waals surface area contributed by atoms with Crippen LogP contribution in [0.25, 0.3) is 0 Å². The lowest BCUT2D eigenvalue weighted by Crippen LogP contribution is -2.59. The zero-order valence-electron chi connectivity index (χ0n) is 15.8. The highest BCUT2D eigenvalue weighted by Gasteiger charge is 2.40. The van der Waals surface area contributed by atoms with Crippen molar-refractivity contribution in [3.63, 3.8) is 0 Å². The molecule has 2 N–H and O–H groups in total. The summed E-state index contributed by atoms with van der Waals surface area (Å²) in [6.07, 6.45) is 0. The smallest absolute Gasteiger partial charge is 0.310 e. The number of piperazine rings is 1. The minimum Gasteiger partial charge on any atom is -0.481 e. The molecule has 2 heterocycles. The Kier molecular flexibility index (Phi) is 4.77. The van der Waals surface area contributed by atoms with Crippen LogP contribution in [-0.2, 0) is 4.79 Å². The van der Waals surface area contributed by atoms with Crippen molar-refractivity contribution in [3.8, 4) is 11.5 Å². The Bertz CT molecular complexity index is 958. The maximum absolute atomic E-state index is 11.7. The molecule has 4 rings (SSSR count). The Hall–Kier alpha value is -2.57. The van der Waals surface area contributed by atoms with E-state index in [1.807, 2.05) is 30.3 Å². The number of ether oxygens (including phenoxy) is 1. The number of amidine groups is 1. The Morgan fingerprint density at radius 2 is 2.07 bits per heavy atom. The first kappa shape index (κ1) is 18.8. The van der Waals surface area contributed by atoms with Crippen LogP contribution in [0.3, 0.4) is 0 Å². The van der Waals surface area contributed by atoms with Crippen LogP contribution in [0.5, 0.6) is 11.5 Å². The number of carbonyl (C=O) groups is 1. The quantitative estimate of drug-likeness (QED) is 0.800. The monoisotopic (exact) mass is 399 g/mol. The Labute approximate surface area is 168 Å². The third-order valence-electron chi connectivity index (χ3n) is 5.39. The normalized spacial score (nSPS) is 19.0. The average Bonchev–Trinajstić information content (AvgIpc) is 2.84. The van der Waals surface area contributed by atoms with Gasteiger partial charge in [-0.05, 0) is 44.2 Å². The van der Waals surface area contributed by atoms with Crippen LogP contribution < -0.4 is 10.1 Å². The summed E-state index contributed by atoms with van der Waals surface area (Å²) in [5.41, 5.74) is 0.635. The summed E-state index contributed by atoms with van der Waals surface area (Å²) in [6, 6.07) is 12.9. The molecule has 0 amide bonds. The number of para-hydroxylation sites is 1. The summed E-state index contributed by atoms with van der Waals surface area (Å²) >= 11 is 6.18. The number of halogens is 1. The van der Waals surface area contributed by atoms with Gasteiger partial charge in [-0.2, -0.15) is 0 Å². The van der Waals surface area contributed by atoms with Gasteiger partial charge in [-0.15, -0.1) is 0 Å². The number of nitrogens with one attached hydrogen (secondary N) is 1. The molecule has 2 aromatic carbocycles. The second kappa shape index (κ2) is 7.11. The van der Waals surface area contributed by atoms with Crippen molar-refractivity contribution < 1.29 is 14.6 Å². The predicted octanol–water partition coefficient (Wildman–Crippen LogP) is 3.91. The van der Waals surface area contributed by atoms with Crippen molar-refractivity contribution in [1.82, 2.24) is 10.2 Å². The minimum atomic E-state index is -0.902. The molecule has 7 heteroatoms. The summed E-state index contributed by atoms with van der Waals surface area (Å²) in [5, 5.41) is 13.6. The van der Waals surface area contributed by atoms with Crippen LogP contribution in [-0.4, -0.2) is 47.5 Å². The number of nitrogens with zero attached hydrogens (tertiary/aromatic N) is 2. The Morgan fingerprint density at radius 1 is 1.29 bits per heavy atom. The fourth-order valence-corrected chi connectivity index (χ4v) is 3.68. The van der Waals surface area contributed by atoms with E-state index in [0.29, 0.717) is 29.5 Å². The van der Waals surface area contributed by atoms with Crippen LogP contribution in [0, 0.1) is 5.41 Å². The van der Waals surface area contributed by atoms with Crippen molar-refractivity contribution >= 4 is 29.1 Å². The van der Waals surface area contributed by atoms with Gasteiger partial charge in [0.25, 0.3) is 0 Å². The van der Waals surface area contributed by atoms with E-state index in [9.17, 15) is 9.90 Å². The van der Waals surface area contributed by atoms with Gasteiger partial charge < -0.3 is 20.1 Å². The number of rotatable bonds is 2. The van der Waals surface area contributed by atoms with Crippen LogP contribution in [0.4, 0.5) is 5.69 Å². The molecule has 1 fully saturated rings. The van der Waals surface area contributed by atoms with Gasteiger partial charge >= 0.3 is 5.97 Å². The summed E-state index contributed by atoms with van der Waals surface area (Å²) in [6.45, 7) is 5.42. The highest BCUT2D eigenvalue weighted by atomic mass is 35.5. The molecule has 0 aromatic heterocycles. The number of aliphatic carboxylic acids is 1. The van der Waals surface area contributed by atoms with Gasteiger partial charge in [0.15, 0.2) is 5.75 Å². The second-order valence-electron chi connectivity index (χ2n) is 7.63. The van der Waals surface area contributed by atoms with Gasteiger partial charge in [0.05, 0.1) is 11.0 Å². The molecular weight excluding hydrogens is 378 g/mol. The highest BCUT2D eigenvalue weighted by molar-refractivity contribution is 6.31. The van der Waals surface area contributed by atoms with E-state index in [-0.39, 0.29) is 6.04 Å². The van der Waals surface area contributed by atoms with Crippen LogP contribution >= 0.6 is 11.6 Å². The zero-order chi connectivity index (χ0) is 19.9.